The van der Waals surface area contributed by atoms with E-state index >= 15 is 0 Å². The van der Waals surface area contributed by atoms with E-state index in [1.54, 1.807) is 12.1 Å². The highest BCUT2D eigenvalue weighted by Crippen LogP contribution is 2.27. The molecule has 0 radical (unpaired) electrons. The first-order valence-electron chi connectivity index (χ1n) is 7.33. The summed E-state index contributed by atoms with van der Waals surface area (Å²) in [5.74, 6) is -0.0138. The van der Waals surface area contributed by atoms with Gasteiger partial charge < -0.3 is 10.1 Å². The molecular weight excluding hydrogens is 299 g/mol. The zero-order chi connectivity index (χ0) is 16.1. The first-order chi connectivity index (χ1) is 11.3. The van der Waals surface area contributed by atoms with Crippen LogP contribution in [0.5, 0.6) is 5.75 Å². The van der Waals surface area contributed by atoms with Gasteiger partial charge in [0.25, 0.3) is 0 Å². The molecule has 3 rings (SSSR count). The van der Waals surface area contributed by atoms with Crippen LogP contribution in [0.15, 0.2) is 24.4 Å². The minimum absolute atomic E-state index is 0.103. The SMILES string of the molecule is N#CC(=CNc1ccc(OC2CCCC2)c(F)c1)c1nn[nH]n1. The lowest BCUT2D eigenvalue weighted by molar-refractivity contribution is 0.201. The maximum absolute atomic E-state index is 14.1. The molecule has 0 bridgehead atoms. The minimum atomic E-state index is -0.437. The van der Waals surface area contributed by atoms with Gasteiger partial charge in [-0.15, -0.1) is 10.2 Å². The number of rotatable bonds is 5. The summed E-state index contributed by atoms with van der Waals surface area (Å²) in [6, 6.07) is 6.55. The molecule has 2 aromatic rings. The van der Waals surface area contributed by atoms with Gasteiger partial charge in [-0.25, -0.2) is 4.39 Å². The van der Waals surface area contributed by atoms with Gasteiger partial charge >= 0.3 is 0 Å². The molecule has 23 heavy (non-hydrogen) atoms. The predicted molar refractivity (Wildman–Crippen MR) is 80.7 cm³/mol. The average Bonchev–Trinajstić information content (AvgIpc) is 3.24. The van der Waals surface area contributed by atoms with E-state index in [0.29, 0.717) is 5.69 Å². The van der Waals surface area contributed by atoms with Crippen molar-refractivity contribution in [3.05, 3.63) is 36.0 Å². The van der Waals surface area contributed by atoms with Crippen molar-refractivity contribution in [2.45, 2.75) is 31.8 Å². The second-order valence-corrected chi connectivity index (χ2v) is 5.22. The summed E-state index contributed by atoms with van der Waals surface area (Å²) in [5, 5.41) is 25.0. The monoisotopic (exact) mass is 314 g/mol. The average molecular weight is 314 g/mol. The molecule has 0 spiro atoms. The van der Waals surface area contributed by atoms with Crippen molar-refractivity contribution < 1.29 is 9.13 Å². The Bertz CT molecular complexity index is 731. The summed E-state index contributed by atoms with van der Waals surface area (Å²) >= 11 is 0. The number of hydrogen-bond acceptors (Lipinski definition) is 6. The number of nitriles is 1. The molecule has 7 nitrogen and oxygen atoms in total. The topological polar surface area (TPSA) is 99.5 Å². The summed E-state index contributed by atoms with van der Waals surface area (Å²) in [5.41, 5.74) is 0.683. The summed E-state index contributed by atoms with van der Waals surface area (Å²) in [7, 11) is 0. The molecule has 0 atom stereocenters. The van der Waals surface area contributed by atoms with E-state index < -0.39 is 5.82 Å². The zero-order valence-electron chi connectivity index (χ0n) is 12.3. The molecule has 1 aromatic carbocycles. The molecular formula is C15H15FN6O. The summed E-state index contributed by atoms with van der Waals surface area (Å²) in [6.45, 7) is 0. The maximum Gasteiger partial charge on any atom is 0.216 e. The van der Waals surface area contributed by atoms with Gasteiger partial charge in [0.1, 0.15) is 11.6 Å². The van der Waals surface area contributed by atoms with Crippen LogP contribution >= 0.6 is 0 Å². The van der Waals surface area contributed by atoms with Crippen LogP contribution in [0.25, 0.3) is 5.57 Å². The highest BCUT2D eigenvalue weighted by atomic mass is 19.1. The van der Waals surface area contributed by atoms with E-state index in [2.05, 4.69) is 25.9 Å². The Morgan fingerprint density at radius 2 is 2.26 bits per heavy atom. The van der Waals surface area contributed by atoms with Crippen LogP contribution in [-0.4, -0.2) is 26.7 Å². The first kappa shape index (κ1) is 15.0. The third-order valence-corrected chi connectivity index (χ3v) is 3.62. The highest BCUT2D eigenvalue weighted by Gasteiger charge is 2.18. The number of benzene rings is 1. The summed E-state index contributed by atoms with van der Waals surface area (Å²) < 4.78 is 19.8. The molecule has 8 heteroatoms. The zero-order valence-corrected chi connectivity index (χ0v) is 12.3. The maximum atomic E-state index is 14.1. The lowest BCUT2D eigenvalue weighted by atomic mass is 10.2. The van der Waals surface area contributed by atoms with Crippen molar-refractivity contribution in [2.24, 2.45) is 0 Å². The van der Waals surface area contributed by atoms with Crippen LogP contribution in [0.1, 0.15) is 31.5 Å². The van der Waals surface area contributed by atoms with Crippen LogP contribution < -0.4 is 10.1 Å². The number of tetrazole rings is 1. The third-order valence-electron chi connectivity index (χ3n) is 3.62. The van der Waals surface area contributed by atoms with Crippen molar-refractivity contribution >= 4 is 11.3 Å². The number of anilines is 1. The smallest absolute Gasteiger partial charge is 0.216 e. The van der Waals surface area contributed by atoms with Gasteiger partial charge in [-0.05, 0) is 43.0 Å². The van der Waals surface area contributed by atoms with Gasteiger partial charge in [0, 0.05) is 18.0 Å². The molecule has 1 saturated carbocycles. The van der Waals surface area contributed by atoms with Gasteiger partial charge in [0.15, 0.2) is 11.6 Å². The molecule has 1 aliphatic rings. The predicted octanol–water partition coefficient (Wildman–Crippen LogP) is 2.64. The summed E-state index contributed by atoms with van der Waals surface area (Å²) in [4.78, 5) is 0. The van der Waals surface area contributed by atoms with Gasteiger partial charge in [-0.3, -0.25) is 0 Å². The van der Waals surface area contributed by atoms with Gasteiger partial charge in [0.05, 0.1) is 6.10 Å². The number of allylic oxidation sites excluding steroid dienone is 1. The minimum Gasteiger partial charge on any atom is -0.487 e. The Morgan fingerprint density at radius 1 is 1.43 bits per heavy atom. The number of ether oxygens (including phenoxy) is 1. The van der Waals surface area contributed by atoms with Crippen molar-refractivity contribution in [3.63, 3.8) is 0 Å². The van der Waals surface area contributed by atoms with Crippen molar-refractivity contribution in [1.29, 1.82) is 5.26 Å². The van der Waals surface area contributed by atoms with E-state index in [0.717, 1.165) is 25.7 Å². The molecule has 0 aliphatic heterocycles. The number of aromatic nitrogens is 4. The van der Waals surface area contributed by atoms with E-state index in [-0.39, 0.29) is 23.3 Å². The molecule has 1 fully saturated rings. The molecule has 118 valence electrons. The molecule has 1 aliphatic carbocycles. The van der Waals surface area contributed by atoms with Crippen LogP contribution in [0.4, 0.5) is 10.1 Å². The normalized spacial score (nSPS) is 15.4. The molecule has 0 amide bonds. The van der Waals surface area contributed by atoms with Crippen LogP contribution in [-0.2, 0) is 0 Å². The Balaban J connectivity index is 1.69. The first-order valence-corrected chi connectivity index (χ1v) is 7.33. The summed E-state index contributed by atoms with van der Waals surface area (Å²) in [6.07, 6.45) is 5.70. The molecule has 2 N–H and O–H groups in total. The second kappa shape index (κ2) is 6.87. The van der Waals surface area contributed by atoms with Crippen LogP contribution in [0.2, 0.25) is 0 Å². The Kier molecular flexibility index (Phi) is 4.47. The van der Waals surface area contributed by atoms with Crippen molar-refractivity contribution in [2.75, 3.05) is 5.32 Å². The Hall–Kier alpha value is -2.95. The van der Waals surface area contributed by atoms with Gasteiger partial charge in [-0.1, -0.05) is 0 Å². The molecule has 0 unspecified atom stereocenters. The quantitative estimate of drug-likeness (QED) is 0.823. The molecule has 1 heterocycles. The lowest BCUT2D eigenvalue weighted by Gasteiger charge is -2.14. The largest absolute Gasteiger partial charge is 0.487 e. The van der Waals surface area contributed by atoms with E-state index in [9.17, 15) is 4.39 Å². The highest BCUT2D eigenvalue weighted by molar-refractivity contribution is 5.74. The lowest BCUT2D eigenvalue weighted by Crippen LogP contribution is -2.11. The number of nitrogens with one attached hydrogen (secondary N) is 2. The van der Waals surface area contributed by atoms with Crippen LogP contribution in [0.3, 0.4) is 0 Å². The molecule has 0 saturated heterocycles. The fourth-order valence-corrected chi connectivity index (χ4v) is 2.45. The number of halogens is 1. The Labute approximate surface area is 132 Å². The van der Waals surface area contributed by atoms with E-state index in [1.807, 2.05) is 6.07 Å². The van der Waals surface area contributed by atoms with Crippen molar-refractivity contribution in [3.8, 4) is 11.8 Å². The van der Waals surface area contributed by atoms with Gasteiger partial charge in [0.2, 0.25) is 5.82 Å². The van der Waals surface area contributed by atoms with E-state index in [1.165, 1.54) is 12.3 Å². The number of H-pyrrole nitrogens is 1. The fraction of sp³-hybridized carbons (Fsp3) is 0.333. The second-order valence-electron chi connectivity index (χ2n) is 5.22. The fourth-order valence-electron chi connectivity index (χ4n) is 2.45. The number of nitrogens with zero attached hydrogens (tertiary/aromatic N) is 4. The number of aromatic amines is 1. The third kappa shape index (κ3) is 3.63. The van der Waals surface area contributed by atoms with Crippen LogP contribution in [0, 0.1) is 17.1 Å². The van der Waals surface area contributed by atoms with E-state index in [4.69, 9.17) is 10.00 Å². The molecule has 1 aromatic heterocycles. The van der Waals surface area contributed by atoms with Gasteiger partial charge in [-0.2, -0.15) is 10.5 Å². The standard InChI is InChI=1S/C15H15FN6O/c16-13-7-11(5-6-14(13)23-12-3-1-2-4-12)18-9-10(8-17)15-19-21-22-20-15/h5-7,9,12,18H,1-4H2,(H,19,20,21,22). The van der Waals surface area contributed by atoms with Crippen molar-refractivity contribution in [1.82, 2.24) is 20.6 Å². The Morgan fingerprint density at radius 3 is 2.91 bits per heavy atom. The number of hydrogen-bond donors (Lipinski definition) is 2.